The molecule has 0 aliphatic carbocycles. The number of hydrogen-bond acceptors (Lipinski definition) is 6. The van der Waals surface area contributed by atoms with Gasteiger partial charge in [-0.15, -0.1) is 0 Å². The first-order valence-electron chi connectivity index (χ1n) is 12.8. The van der Waals surface area contributed by atoms with E-state index in [2.05, 4.69) is 37.7 Å². The maximum absolute atomic E-state index is 10.1. The highest BCUT2D eigenvalue weighted by Crippen LogP contribution is 2.30. The van der Waals surface area contributed by atoms with Crippen LogP contribution in [0.15, 0.2) is 100 Å². The molecule has 5 rings (SSSR count). The molecule has 8 heteroatoms. The normalized spacial score (nSPS) is 16.8. The van der Waals surface area contributed by atoms with Crippen LogP contribution in [-0.4, -0.2) is 16.4 Å². The predicted octanol–water partition coefficient (Wildman–Crippen LogP) is 6.64. The van der Waals surface area contributed by atoms with Crippen LogP contribution in [-0.2, 0) is 6.61 Å². The van der Waals surface area contributed by atoms with Gasteiger partial charge in [-0.25, -0.2) is 5.01 Å². The summed E-state index contributed by atoms with van der Waals surface area (Å²) in [6.07, 6.45) is 1.11. The van der Waals surface area contributed by atoms with Gasteiger partial charge in [0, 0.05) is 21.5 Å². The lowest BCUT2D eigenvalue weighted by atomic mass is 9.95. The van der Waals surface area contributed by atoms with Gasteiger partial charge in [-0.1, -0.05) is 46.3 Å². The molecule has 2 N–H and O–H groups in total. The summed E-state index contributed by atoms with van der Waals surface area (Å²) in [7, 11) is 0. The smallest absolute Gasteiger partial charge is 0.127 e. The summed E-state index contributed by atoms with van der Waals surface area (Å²) in [5.41, 5.74) is 12.8. The van der Waals surface area contributed by atoms with Crippen molar-refractivity contribution in [3.63, 3.8) is 0 Å². The van der Waals surface area contributed by atoms with Crippen LogP contribution in [0.4, 0.5) is 5.69 Å². The lowest BCUT2D eigenvalue weighted by Crippen LogP contribution is -2.40. The van der Waals surface area contributed by atoms with Crippen LogP contribution in [0.25, 0.3) is 11.8 Å². The summed E-state index contributed by atoms with van der Waals surface area (Å²) in [5.74, 6) is 0.0432. The molecule has 0 saturated heterocycles. The number of hydrazone groups is 1. The van der Waals surface area contributed by atoms with Crippen molar-refractivity contribution < 1.29 is 4.74 Å². The van der Waals surface area contributed by atoms with Gasteiger partial charge >= 0.3 is 0 Å². The molecule has 4 aromatic rings. The van der Waals surface area contributed by atoms with Crippen LogP contribution in [0.2, 0.25) is 0 Å². The number of hydrogen-bond donors (Lipinski definition) is 1. The second-order valence-electron chi connectivity index (χ2n) is 9.50. The highest BCUT2D eigenvalue weighted by Gasteiger charge is 2.37. The van der Waals surface area contributed by atoms with Crippen molar-refractivity contribution in [1.82, 2.24) is 4.57 Å². The molecule has 0 amide bonds. The predicted molar refractivity (Wildman–Crippen MR) is 161 cm³/mol. The fraction of sp³-hybridized carbons (Fsp3) is 0.156. The van der Waals surface area contributed by atoms with Crippen LogP contribution >= 0.6 is 15.9 Å². The maximum Gasteiger partial charge on any atom is 0.127 e. The molecule has 2 heterocycles. The van der Waals surface area contributed by atoms with Crippen molar-refractivity contribution >= 4 is 33.4 Å². The maximum atomic E-state index is 10.1. The molecule has 198 valence electrons. The number of ether oxygens (including phenoxy) is 1. The minimum atomic E-state index is -0.737. The number of allylic oxidation sites excluding steroid dienone is 1. The molecule has 0 unspecified atom stereocenters. The number of aromatic nitrogens is 1. The van der Waals surface area contributed by atoms with Crippen molar-refractivity contribution in [2.24, 2.45) is 16.8 Å². The zero-order valence-corrected chi connectivity index (χ0v) is 23.7. The van der Waals surface area contributed by atoms with E-state index in [0.29, 0.717) is 17.9 Å². The van der Waals surface area contributed by atoms with E-state index in [1.54, 1.807) is 11.1 Å². The van der Waals surface area contributed by atoms with Gasteiger partial charge in [0.1, 0.15) is 30.5 Å². The topological polar surface area (TPSA) is 103 Å². The third-order valence-corrected chi connectivity index (χ3v) is 7.40. The quantitative estimate of drug-likeness (QED) is 0.243. The molecule has 1 aromatic heterocycles. The third-order valence-electron chi connectivity index (χ3n) is 6.87. The number of nitrogens with zero attached hydrogens (tertiary/aromatic N) is 5. The molecule has 0 spiro atoms. The summed E-state index contributed by atoms with van der Waals surface area (Å²) >= 11 is 3.45. The van der Waals surface area contributed by atoms with Gasteiger partial charge < -0.3 is 15.0 Å². The zero-order chi connectivity index (χ0) is 28.2. The lowest BCUT2D eigenvalue weighted by molar-refractivity contribution is 0.306. The van der Waals surface area contributed by atoms with E-state index in [4.69, 9.17) is 10.5 Å². The third kappa shape index (κ3) is 5.41. The van der Waals surface area contributed by atoms with E-state index in [-0.39, 0.29) is 0 Å². The van der Waals surface area contributed by atoms with Crippen molar-refractivity contribution in [2.75, 3.05) is 5.01 Å². The summed E-state index contributed by atoms with van der Waals surface area (Å²) in [6.45, 7) is 4.51. The fourth-order valence-corrected chi connectivity index (χ4v) is 5.07. The first-order chi connectivity index (χ1) is 19.4. The lowest BCUT2D eigenvalue weighted by Gasteiger charge is -2.21. The first kappa shape index (κ1) is 27.0. The van der Waals surface area contributed by atoms with E-state index in [9.17, 15) is 10.5 Å². The van der Waals surface area contributed by atoms with Crippen LogP contribution < -0.4 is 15.5 Å². The standard InChI is InChI=1S/C32H27BrN6O/c1-21-16-24(17-25(18-34)31-30(19-35)32(36)39(37-31)28-6-4-3-5-7-28)22(2)38(21)27-12-14-29(15-13-27)40-20-23-8-10-26(33)11-9-23/h3-17,30,32H,20,36H2,1-2H3/b25-17-/t30-,32-/m0/s1. The SMILES string of the molecule is Cc1cc(/C=C(/C#N)C2=NN(c3ccccc3)[C@H](N)[C@H]2C#N)c(C)n1-c1ccc(OCc2ccc(Br)cc2)cc1. The van der Waals surface area contributed by atoms with Crippen LogP contribution in [0.5, 0.6) is 5.75 Å². The number of rotatable bonds is 7. The van der Waals surface area contributed by atoms with Crippen molar-refractivity contribution in [1.29, 1.82) is 10.5 Å². The van der Waals surface area contributed by atoms with Crippen molar-refractivity contribution in [2.45, 2.75) is 26.6 Å². The Balaban J connectivity index is 1.40. The number of nitrogens with two attached hydrogens (primary N) is 1. The molecule has 1 aliphatic rings. The van der Waals surface area contributed by atoms with Crippen molar-refractivity contribution in [3.8, 4) is 23.6 Å². The molecule has 0 radical (unpaired) electrons. The minimum Gasteiger partial charge on any atom is -0.489 e. The van der Waals surface area contributed by atoms with Gasteiger partial charge in [0.05, 0.1) is 23.0 Å². The van der Waals surface area contributed by atoms with Gasteiger partial charge in [-0.05, 0) is 85.6 Å². The number of para-hydroxylation sites is 1. The Labute approximate surface area is 242 Å². The number of benzene rings is 3. The van der Waals surface area contributed by atoms with Gasteiger partial charge in [0.2, 0.25) is 0 Å². The van der Waals surface area contributed by atoms with Crippen LogP contribution in [0, 0.1) is 42.4 Å². The fourth-order valence-electron chi connectivity index (χ4n) is 4.81. The summed E-state index contributed by atoms with van der Waals surface area (Å²) < 4.78 is 9.12. The largest absolute Gasteiger partial charge is 0.489 e. The molecule has 0 saturated carbocycles. The minimum absolute atomic E-state index is 0.317. The van der Waals surface area contributed by atoms with Gasteiger partial charge in [-0.2, -0.15) is 15.6 Å². The molecular weight excluding hydrogens is 564 g/mol. The van der Waals surface area contributed by atoms with E-state index >= 15 is 0 Å². The second-order valence-corrected chi connectivity index (χ2v) is 10.4. The molecule has 2 atom stereocenters. The van der Waals surface area contributed by atoms with Crippen LogP contribution in [0.3, 0.4) is 0 Å². The van der Waals surface area contributed by atoms with Crippen LogP contribution in [0.1, 0.15) is 22.5 Å². The Bertz CT molecular complexity index is 1660. The van der Waals surface area contributed by atoms with E-state index in [0.717, 1.165) is 44.1 Å². The Kier molecular flexibility index (Phi) is 7.84. The van der Waals surface area contributed by atoms with E-state index < -0.39 is 12.1 Å². The monoisotopic (exact) mass is 590 g/mol. The molecule has 1 aliphatic heterocycles. The average Bonchev–Trinajstić information content (AvgIpc) is 3.46. The van der Waals surface area contributed by atoms with Gasteiger partial charge in [0.25, 0.3) is 0 Å². The number of nitriles is 2. The molecule has 40 heavy (non-hydrogen) atoms. The Morgan fingerprint density at radius 3 is 2.35 bits per heavy atom. The average molecular weight is 592 g/mol. The number of aryl methyl sites for hydroxylation is 1. The number of anilines is 1. The Morgan fingerprint density at radius 1 is 1.00 bits per heavy atom. The van der Waals surface area contributed by atoms with Gasteiger partial charge in [-0.3, -0.25) is 0 Å². The van der Waals surface area contributed by atoms with E-state index in [1.807, 2.05) is 98.8 Å². The summed E-state index contributed by atoms with van der Waals surface area (Å²) in [4.78, 5) is 0. The molecule has 7 nitrogen and oxygen atoms in total. The number of halogens is 1. The highest BCUT2D eigenvalue weighted by atomic mass is 79.9. The first-order valence-corrected chi connectivity index (χ1v) is 13.6. The van der Waals surface area contributed by atoms with Gasteiger partial charge in [0.15, 0.2) is 0 Å². The summed E-state index contributed by atoms with van der Waals surface area (Å²) in [5, 5.41) is 26.2. The molecule has 3 aromatic carbocycles. The highest BCUT2D eigenvalue weighted by molar-refractivity contribution is 9.10. The molecule has 0 fully saturated rings. The second kappa shape index (κ2) is 11.6. The van der Waals surface area contributed by atoms with E-state index in [1.165, 1.54) is 0 Å². The summed E-state index contributed by atoms with van der Waals surface area (Å²) in [6, 6.07) is 31.9. The molecular formula is C32H27BrN6O. The Morgan fingerprint density at radius 2 is 1.70 bits per heavy atom. The zero-order valence-electron chi connectivity index (χ0n) is 22.1. The van der Waals surface area contributed by atoms with Crippen molar-refractivity contribution in [3.05, 3.63) is 117 Å². The molecule has 0 bridgehead atoms. The Hall–Kier alpha value is -4.63.